The number of aromatic hydroxyl groups is 1. The first kappa shape index (κ1) is 35.6. The van der Waals surface area contributed by atoms with Crippen LogP contribution in [0.15, 0.2) is 27.6 Å². The predicted octanol–water partition coefficient (Wildman–Crippen LogP) is -0.899. The number of hydrogen-bond donors (Lipinski definition) is 6. The van der Waals surface area contributed by atoms with Crippen LogP contribution in [0.5, 0.6) is 5.75 Å². The van der Waals surface area contributed by atoms with E-state index in [1.807, 2.05) is 0 Å². The van der Waals surface area contributed by atoms with Gasteiger partial charge in [0.15, 0.2) is 22.4 Å². The van der Waals surface area contributed by atoms with E-state index in [4.69, 9.17) is 10.6 Å². The molecule has 2 amide bonds. The lowest BCUT2D eigenvalue weighted by Gasteiger charge is -2.44. The molecular weight excluding hydrogens is 656 g/mol. The van der Waals surface area contributed by atoms with Gasteiger partial charge in [0.2, 0.25) is 22.8 Å². The molecule has 0 bridgehead atoms. The molecule has 0 aliphatic carbocycles. The van der Waals surface area contributed by atoms with Gasteiger partial charge >= 0.3 is 16.3 Å². The molecule has 0 radical (unpaired) electrons. The number of ketones is 2. The number of nitrogens with two attached hydrogens (primary N) is 1. The fraction of sp³-hybridized carbons (Fsp3) is 0.440. The molecule has 7 N–H and O–H groups in total. The number of nitrogens with one attached hydrogen (secondary N) is 1. The van der Waals surface area contributed by atoms with E-state index in [-0.39, 0.29) is 46.5 Å². The molecule has 1 fully saturated rings. The van der Waals surface area contributed by atoms with E-state index < -0.39 is 87.1 Å². The van der Waals surface area contributed by atoms with Crippen molar-refractivity contribution in [2.24, 2.45) is 11.1 Å². The van der Waals surface area contributed by atoms with E-state index in [0.29, 0.717) is 4.73 Å². The number of carbonyl (C=O) groups excluding carboxylic acids is 4. The van der Waals surface area contributed by atoms with Crippen molar-refractivity contribution in [2.75, 3.05) is 12.3 Å². The quantitative estimate of drug-likeness (QED) is 0.0410. The molecule has 3 heterocycles. The molecule has 0 saturated carbocycles. The summed E-state index contributed by atoms with van der Waals surface area (Å²) in [5.41, 5.74) is 2.43. The fourth-order valence-corrected chi connectivity index (χ4v) is 5.61. The second-order valence-corrected chi connectivity index (χ2v) is 12.7. The average molecular weight is 687 g/mol. The van der Waals surface area contributed by atoms with Gasteiger partial charge in [-0.3, -0.25) is 28.5 Å². The number of thiazole rings is 1. The van der Waals surface area contributed by atoms with E-state index >= 15 is 0 Å². The maximum Gasteiger partial charge on any atom is 0.362 e. The number of aromatic nitrogens is 2. The number of nitrogen functional groups attached to an aromatic ring is 1. The summed E-state index contributed by atoms with van der Waals surface area (Å²) in [4.78, 5) is 82.5. The predicted molar refractivity (Wildman–Crippen MR) is 156 cm³/mol. The van der Waals surface area contributed by atoms with Gasteiger partial charge in [0, 0.05) is 43.7 Å². The highest BCUT2D eigenvalue weighted by atomic mass is 32.2. The maximum atomic E-state index is 13.2. The maximum absolute atomic E-state index is 13.2. The van der Waals surface area contributed by atoms with Crippen molar-refractivity contribution < 1.29 is 57.2 Å². The summed E-state index contributed by atoms with van der Waals surface area (Å²) in [6.45, 7) is 1.77. The summed E-state index contributed by atoms with van der Waals surface area (Å²) in [6.07, 6.45) is -0.825. The van der Waals surface area contributed by atoms with Crippen LogP contribution < -0.4 is 16.5 Å². The van der Waals surface area contributed by atoms with Crippen LogP contribution in [0.25, 0.3) is 0 Å². The Morgan fingerprint density at radius 2 is 1.87 bits per heavy atom. The topological polar surface area (TPSA) is 298 Å². The van der Waals surface area contributed by atoms with Crippen molar-refractivity contribution in [3.8, 4) is 5.75 Å². The van der Waals surface area contributed by atoms with Crippen LogP contribution in [0.1, 0.15) is 50.9 Å². The van der Waals surface area contributed by atoms with Gasteiger partial charge in [0.25, 0.3) is 0 Å². The van der Waals surface area contributed by atoms with Gasteiger partial charge in [-0.25, -0.2) is 14.1 Å². The monoisotopic (exact) mass is 686 g/mol. The van der Waals surface area contributed by atoms with Crippen LogP contribution in [-0.4, -0.2) is 95.7 Å². The highest BCUT2D eigenvalue weighted by Crippen LogP contribution is 2.32. The summed E-state index contributed by atoms with van der Waals surface area (Å²) in [5, 5.41) is 35.7. The number of rotatable bonds is 16. The van der Waals surface area contributed by atoms with Crippen molar-refractivity contribution in [2.45, 2.75) is 57.6 Å². The van der Waals surface area contributed by atoms with Gasteiger partial charge < -0.3 is 31.3 Å². The number of carbonyl (C=O) groups is 5. The number of Topliss-reactive ketones (excluding diaryl/α,β-unsaturated/α-hetero) is 2. The Morgan fingerprint density at radius 3 is 2.46 bits per heavy atom. The Hall–Kier alpha value is -4.89. The minimum Gasteiger partial charge on any atom is -0.503 e. The average Bonchev–Trinajstić information content (AvgIpc) is 3.38. The van der Waals surface area contributed by atoms with E-state index in [1.165, 1.54) is 5.38 Å². The van der Waals surface area contributed by atoms with Crippen molar-refractivity contribution in [1.29, 1.82) is 0 Å². The molecular formula is C25H30N6O13S2. The summed E-state index contributed by atoms with van der Waals surface area (Å²) in [5.74, 6) is -6.72. The molecule has 46 heavy (non-hydrogen) atoms. The number of carboxylic acids is 1. The first-order valence-corrected chi connectivity index (χ1v) is 15.6. The van der Waals surface area contributed by atoms with Crippen LogP contribution in [-0.2, 0) is 45.5 Å². The van der Waals surface area contributed by atoms with Crippen LogP contribution in [0.3, 0.4) is 0 Å². The molecule has 1 aliphatic rings. The Bertz CT molecular complexity index is 1750. The third-order valence-electron chi connectivity index (χ3n) is 6.75. The fourth-order valence-electron chi connectivity index (χ4n) is 4.13. The summed E-state index contributed by atoms with van der Waals surface area (Å²) in [7, 11) is -5.10. The minimum absolute atomic E-state index is 0.0262. The first-order valence-electron chi connectivity index (χ1n) is 13.3. The van der Waals surface area contributed by atoms with Gasteiger partial charge in [0.05, 0.1) is 23.9 Å². The van der Waals surface area contributed by atoms with Gasteiger partial charge in [-0.2, -0.15) is 13.1 Å². The molecule has 0 aromatic carbocycles. The molecule has 2 aromatic heterocycles. The molecule has 19 nitrogen and oxygen atoms in total. The second kappa shape index (κ2) is 14.0. The molecule has 1 aliphatic heterocycles. The van der Waals surface area contributed by atoms with Gasteiger partial charge in [-0.05, 0) is 20.3 Å². The van der Waals surface area contributed by atoms with E-state index in [2.05, 4.69) is 15.5 Å². The highest BCUT2D eigenvalue weighted by Gasteiger charge is 2.54. The van der Waals surface area contributed by atoms with Crippen LogP contribution in [0.2, 0.25) is 0 Å². The molecule has 1 unspecified atom stereocenters. The largest absolute Gasteiger partial charge is 0.503 e. The number of β-lactam (4-membered cyclic amide) rings is 1. The third-order valence-corrected chi connectivity index (χ3v) is 8.37. The van der Waals surface area contributed by atoms with Crippen LogP contribution >= 0.6 is 11.3 Å². The van der Waals surface area contributed by atoms with E-state index in [0.717, 1.165) is 37.4 Å². The zero-order valence-electron chi connectivity index (χ0n) is 24.3. The third kappa shape index (κ3) is 8.63. The normalized spacial score (nSPS) is 16.9. The number of nitrogens with zero attached hydrogens (tertiary/aromatic N) is 4. The number of pyridine rings is 1. The summed E-state index contributed by atoms with van der Waals surface area (Å²) < 4.78 is 33.8. The van der Waals surface area contributed by atoms with Crippen molar-refractivity contribution in [1.82, 2.24) is 19.3 Å². The SMILES string of the molecule is CC(C)(O/N=C(\C(=O)CC1C(=O)N(S(=O)(=O)O)[C@@H]1CNC(=O)CCC(=O)CCc1cc(=O)c(O)cn1O)c1csc(N)n1)C(=O)O. The first-order chi connectivity index (χ1) is 21.3. The lowest BCUT2D eigenvalue weighted by atomic mass is 9.84. The molecule has 1 saturated heterocycles. The highest BCUT2D eigenvalue weighted by molar-refractivity contribution is 7.84. The zero-order chi connectivity index (χ0) is 34.6. The van der Waals surface area contributed by atoms with Crippen molar-refractivity contribution in [3.05, 3.63) is 39.3 Å². The number of aliphatic carboxylic acids is 1. The van der Waals surface area contributed by atoms with Crippen molar-refractivity contribution >= 4 is 61.8 Å². The van der Waals surface area contributed by atoms with Crippen LogP contribution in [0, 0.1) is 5.92 Å². The summed E-state index contributed by atoms with van der Waals surface area (Å²) in [6, 6.07) is -0.470. The standard InChI is InChI=1S/C25H30N6O13S2/c1-25(2,23(38)39)44-29-21(15-11-45-24(26)28-15)18(34)8-14-16(31(22(14)37)46(41,42)43)9-27-20(36)6-5-13(32)4-3-12-7-17(33)19(35)10-30(12)40/h7,10-11,14,16,35,40H,3-6,8-9H2,1-2H3,(H2,26,28)(H,27,36)(H,38,39)(H,41,42,43)/b29-21-/t14?,16-/m1/s1. The van der Waals surface area contributed by atoms with E-state index in [1.54, 1.807) is 0 Å². The molecule has 2 aromatic rings. The van der Waals surface area contributed by atoms with Gasteiger partial charge in [0.1, 0.15) is 11.5 Å². The number of hydrogen-bond acceptors (Lipinski definition) is 15. The molecule has 3 rings (SSSR count). The lowest BCUT2D eigenvalue weighted by molar-refractivity contribution is -0.161. The zero-order valence-corrected chi connectivity index (χ0v) is 25.9. The number of oxime groups is 1. The summed E-state index contributed by atoms with van der Waals surface area (Å²) >= 11 is 0.923. The Kier molecular flexibility index (Phi) is 10.9. The van der Waals surface area contributed by atoms with Gasteiger partial charge in [-0.15, -0.1) is 11.3 Å². The number of carboxylic acid groups (broad SMARTS) is 1. The van der Waals surface area contributed by atoms with Crippen molar-refractivity contribution in [3.63, 3.8) is 0 Å². The Morgan fingerprint density at radius 1 is 1.20 bits per heavy atom. The number of anilines is 1. The van der Waals surface area contributed by atoms with Crippen LogP contribution in [0.4, 0.5) is 5.13 Å². The van der Waals surface area contributed by atoms with E-state index in [9.17, 15) is 57.2 Å². The lowest BCUT2D eigenvalue weighted by Crippen LogP contribution is -2.66. The molecule has 250 valence electrons. The molecule has 0 spiro atoms. The van der Waals surface area contributed by atoms with Gasteiger partial charge in [-0.1, -0.05) is 5.16 Å². The smallest absolute Gasteiger partial charge is 0.362 e. The molecule has 2 atom stereocenters. The minimum atomic E-state index is -5.10. The molecule has 21 heteroatoms. The Labute approximate surface area is 264 Å². The number of aryl methyl sites for hydroxylation is 1. The number of amides is 2. The second-order valence-electron chi connectivity index (χ2n) is 10.5. The Balaban J connectivity index is 1.65.